The van der Waals surface area contributed by atoms with Crippen LogP contribution in [0.3, 0.4) is 0 Å². The third kappa shape index (κ3) is 1.89. The summed E-state index contributed by atoms with van der Waals surface area (Å²) in [4.78, 5) is 11.5. The van der Waals surface area contributed by atoms with E-state index in [4.69, 9.17) is 0 Å². The van der Waals surface area contributed by atoms with Gasteiger partial charge in [0.05, 0.1) is 0 Å². The maximum Gasteiger partial charge on any atom is 0.283 e. The number of nitrogens with one attached hydrogen (secondary N) is 1. The number of hydrogen-bond donors (Lipinski definition) is 1. The first-order valence-electron chi connectivity index (χ1n) is 4.82. The molecule has 1 fully saturated rings. The number of carbonyl (C=O) groups excluding carboxylic acids is 1. The Morgan fingerprint density at radius 2 is 2.19 bits per heavy atom. The van der Waals surface area contributed by atoms with Crippen molar-refractivity contribution in [3.63, 3.8) is 0 Å². The Morgan fingerprint density at radius 1 is 1.56 bits per heavy atom. The minimum atomic E-state index is -2.96. The molecule has 0 bridgehead atoms. The molecule has 1 aliphatic carbocycles. The number of hydrogen-bond acceptors (Lipinski definition) is 2. The van der Waals surface area contributed by atoms with Crippen molar-refractivity contribution < 1.29 is 18.0 Å². The number of nitrogens with zero attached hydrogens (tertiary/aromatic N) is 2. The van der Waals surface area contributed by atoms with Crippen molar-refractivity contribution in [1.29, 1.82) is 0 Å². The normalized spacial score (nSPS) is 15.6. The number of halogens is 3. The van der Waals surface area contributed by atoms with Crippen LogP contribution < -0.4 is 5.32 Å². The smallest absolute Gasteiger partial charge is 0.283 e. The molecule has 1 saturated carbocycles. The second-order valence-corrected chi connectivity index (χ2v) is 3.72. The number of aryl methyl sites for hydroxylation is 1. The Balaban J connectivity index is 2.32. The molecule has 0 atom stereocenters. The Labute approximate surface area is 89.4 Å². The number of amides is 1. The van der Waals surface area contributed by atoms with E-state index in [0.29, 0.717) is 4.68 Å². The van der Waals surface area contributed by atoms with Gasteiger partial charge in [0.15, 0.2) is 0 Å². The predicted octanol–water partition coefficient (Wildman–Crippen LogP) is 1.39. The van der Waals surface area contributed by atoms with Crippen LogP contribution in [0.4, 0.5) is 13.2 Å². The molecule has 7 heteroatoms. The van der Waals surface area contributed by atoms with E-state index in [-0.39, 0.29) is 6.04 Å². The second-order valence-electron chi connectivity index (χ2n) is 3.72. The van der Waals surface area contributed by atoms with Gasteiger partial charge < -0.3 is 5.32 Å². The zero-order valence-corrected chi connectivity index (χ0v) is 8.51. The first-order valence-corrected chi connectivity index (χ1v) is 4.82. The molecule has 1 N–H and O–H groups in total. The van der Waals surface area contributed by atoms with Gasteiger partial charge in [-0.3, -0.25) is 4.79 Å². The Hall–Kier alpha value is -1.53. The lowest BCUT2D eigenvalue weighted by Crippen LogP contribution is -2.27. The van der Waals surface area contributed by atoms with Crippen LogP contribution in [0.2, 0.25) is 0 Å². The molecule has 0 radical (unpaired) electrons. The highest BCUT2D eigenvalue weighted by Gasteiger charge is 2.31. The summed E-state index contributed by atoms with van der Waals surface area (Å²) in [7, 11) is 1.18. The molecule has 0 unspecified atom stereocenters. The molecular formula is C9H10F3N3O. The van der Waals surface area contributed by atoms with Gasteiger partial charge in [-0.1, -0.05) is 0 Å². The van der Waals surface area contributed by atoms with Crippen molar-refractivity contribution in [3.05, 3.63) is 17.2 Å². The van der Waals surface area contributed by atoms with Crippen LogP contribution in [-0.4, -0.2) is 21.7 Å². The van der Waals surface area contributed by atoms with E-state index in [1.807, 2.05) is 0 Å². The van der Waals surface area contributed by atoms with Crippen LogP contribution >= 0.6 is 0 Å². The fourth-order valence-corrected chi connectivity index (χ4v) is 1.37. The predicted molar refractivity (Wildman–Crippen MR) is 48.6 cm³/mol. The maximum atomic E-state index is 13.4. The van der Waals surface area contributed by atoms with E-state index in [1.165, 1.54) is 7.05 Å². The molecule has 0 spiro atoms. The lowest BCUT2D eigenvalue weighted by molar-refractivity contribution is 0.0932. The maximum absolute atomic E-state index is 13.4. The molecule has 0 saturated heterocycles. The zero-order valence-electron chi connectivity index (χ0n) is 8.51. The second kappa shape index (κ2) is 3.80. The molecular weight excluding hydrogens is 223 g/mol. The molecule has 0 aromatic carbocycles. The van der Waals surface area contributed by atoms with Crippen LogP contribution in [0.15, 0.2) is 0 Å². The van der Waals surface area contributed by atoms with Gasteiger partial charge in [0, 0.05) is 13.1 Å². The van der Waals surface area contributed by atoms with Gasteiger partial charge >= 0.3 is 0 Å². The quantitative estimate of drug-likeness (QED) is 0.857. The molecule has 1 aliphatic rings. The molecule has 1 amide bonds. The summed E-state index contributed by atoms with van der Waals surface area (Å²) in [5.74, 6) is -1.85. The lowest BCUT2D eigenvalue weighted by atomic mass is 10.2. The zero-order chi connectivity index (χ0) is 11.9. The third-order valence-corrected chi connectivity index (χ3v) is 2.35. The molecule has 0 aliphatic heterocycles. The molecule has 1 aromatic heterocycles. The van der Waals surface area contributed by atoms with Gasteiger partial charge in [-0.25, -0.2) is 13.5 Å². The van der Waals surface area contributed by atoms with E-state index in [2.05, 4.69) is 10.4 Å². The van der Waals surface area contributed by atoms with Crippen molar-refractivity contribution in [1.82, 2.24) is 15.1 Å². The van der Waals surface area contributed by atoms with Gasteiger partial charge in [-0.2, -0.15) is 9.49 Å². The van der Waals surface area contributed by atoms with Gasteiger partial charge in [-0.15, -0.1) is 0 Å². The number of rotatable bonds is 3. The summed E-state index contributed by atoms with van der Waals surface area (Å²) in [6.45, 7) is 0. The number of alkyl halides is 2. The monoisotopic (exact) mass is 233 g/mol. The number of carbonyl (C=O) groups is 1. The fraction of sp³-hybridized carbons (Fsp3) is 0.556. The largest absolute Gasteiger partial charge is 0.349 e. The molecule has 16 heavy (non-hydrogen) atoms. The summed E-state index contributed by atoms with van der Waals surface area (Å²) >= 11 is 0. The molecule has 2 rings (SSSR count). The molecule has 1 aromatic rings. The first-order chi connectivity index (χ1) is 7.50. The summed E-state index contributed by atoms with van der Waals surface area (Å²) < 4.78 is 39.1. The van der Waals surface area contributed by atoms with Crippen LogP contribution in [0.25, 0.3) is 0 Å². The van der Waals surface area contributed by atoms with Crippen LogP contribution in [0, 0.1) is 5.95 Å². The standard InChI is InChI=1S/C9H10F3N3O/c1-15-8(12)5(6(14-15)7(10)11)9(16)13-4-2-3-4/h4,7H,2-3H2,1H3,(H,13,16). The summed E-state index contributed by atoms with van der Waals surface area (Å²) in [6, 6.07) is -0.0161. The Kier molecular flexibility index (Phi) is 2.61. The van der Waals surface area contributed by atoms with Crippen molar-refractivity contribution in [2.24, 2.45) is 7.05 Å². The van der Waals surface area contributed by atoms with Gasteiger partial charge in [-0.05, 0) is 12.8 Å². The minimum absolute atomic E-state index is 0.0161. The SMILES string of the molecule is Cn1nc(C(F)F)c(C(=O)NC2CC2)c1F. The average molecular weight is 233 g/mol. The summed E-state index contributed by atoms with van der Waals surface area (Å²) in [5, 5.41) is 5.74. The highest BCUT2D eigenvalue weighted by atomic mass is 19.3. The first kappa shape index (κ1) is 11.0. The molecule has 1 heterocycles. The molecule has 88 valence electrons. The topological polar surface area (TPSA) is 46.9 Å². The Morgan fingerprint density at radius 3 is 2.69 bits per heavy atom. The summed E-state index contributed by atoms with van der Waals surface area (Å²) in [6.07, 6.45) is -1.36. The average Bonchev–Trinajstić information content (AvgIpc) is 2.94. The van der Waals surface area contributed by atoms with Gasteiger partial charge in [0.1, 0.15) is 11.3 Å². The van der Waals surface area contributed by atoms with Crippen molar-refractivity contribution in [2.75, 3.05) is 0 Å². The Bertz CT molecular complexity index is 426. The van der Waals surface area contributed by atoms with Crippen LogP contribution in [0.5, 0.6) is 0 Å². The van der Waals surface area contributed by atoms with Crippen molar-refractivity contribution in [3.8, 4) is 0 Å². The third-order valence-electron chi connectivity index (χ3n) is 2.35. The van der Waals surface area contributed by atoms with Crippen molar-refractivity contribution in [2.45, 2.75) is 25.3 Å². The number of aromatic nitrogens is 2. The van der Waals surface area contributed by atoms with E-state index in [1.54, 1.807) is 0 Å². The summed E-state index contributed by atoms with van der Waals surface area (Å²) in [5.41, 5.74) is -1.46. The molecule has 4 nitrogen and oxygen atoms in total. The van der Waals surface area contributed by atoms with Gasteiger partial charge in [0.25, 0.3) is 12.3 Å². The van der Waals surface area contributed by atoms with Crippen LogP contribution in [-0.2, 0) is 7.05 Å². The highest BCUT2D eigenvalue weighted by Crippen LogP contribution is 2.25. The lowest BCUT2D eigenvalue weighted by Gasteiger charge is -2.02. The van der Waals surface area contributed by atoms with Crippen molar-refractivity contribution >= 4 is 5.91 Å². The van der Waals surface area contributed by atoms with E-state index < -0.39 is 29.5 Å². The van der Waals surface area contributed by atoms with E-state index in [9.17, 15) is 18.0 Å². The van der Waals surface area contributed by atoms with E-state index >= 15 is 0 Å². The minimum Gasteiger partial charge on any atom is -0.349 e. The van der Waals surface area contributed by atoms with E-state index in [0.717, 1.165) is 12.8 Å². The fourth-order valence-electron chi connectivity index (χ4n) is 1.37. The van der Waals surface area contributed by atoms with Gasteiger partial charge in [0.2, 0.25) is 5.95 Å². The highest BCUT2D eigenvalue weighted by molar-refractivity contribution is 5.95. The van der Waals surface area contributed by atoms with Crippen LogP contribution in [0.1, 0.15) is 35.3 Å².